The summed E-state index contributed by atoms with van der Waals surface area (Å²) in [7, 11) is 0. The van der Waals surface area contributed by atoms with Gasteiger partial charge in [0, 0.05) is 24.3 Å². The molecule has 0 unspecified atom stereocenters. The summed E-state index contributed by atoms with van der Waals surface area (Å²) in [6.07, 6.45) is 4.35. The molecule has 1 saturated carbocycles. The zero-order valence-corrected chi connectivity index (χ0v) is 17.1. The molecular weight excluding hydrogens is 360 g/mol. The molecule has 0 amide bonds. The van der Waals surface area contributed by atoms with Crippen molar-refractivity contribution in [2.45, 2.75) is 58.2 Å². The highest BCUT2D eigenvalue weighted by atomic mass is 15.3. The van der Waals surface area contributed by atoms with Gasteiger partial charge in [0.2, 0.25) is 0 Å². The summed E-state index contributed by atoms with van der Waals surface area (Å²) >= 11 is 0. The lowest BCUT2D eigenvalue weighted by Crippen LogP contribution is -2.32. The van der Waals surface area contributed by atoms with E-state index in [4.69, 9.17) is 5.73 Å². The lowest BCUT2D eigenvalue weighted by Gasteiger charge is -2.27. The second kappa shape index (κ2) is 7.19. The zero-order valence-electron chi connectivity index (χ0n) is 17.1. The molecule has 0 spiro atoms. The Labute approximate surface area is 170 Å². The van der Waals surface area contributed by atoms with Crippen LogP contribution in [0.15, 0.2) is 42.5 Å². The molecule has 0 atom stereocenters. The Morgan fingerprint density at radius 2 is 1.76 bits per heavy atom. The van der Waals surface area contributed by atoms with Crippen LogP contribution < -0.4 is 11.1 Å². The third-order valence-electron chi connectivity index (χ3n) is 6.23. The first kappa shape index (κ1) is 18.2. The summed E-state index contributed by atoms with van der Waals surface area (Å²) in [6.45, 7) is 5.04. The van der Waals surface area contributed by atoms with E-state index in [1.807, 2.05) is 6.92 Å². The first-order valence-corrected chi connectivity index (χ1v) is 10.5. The van der Waals surface area contributed by atoms with E-state index < -0.39 is 0 Å². The van der Waals surface area contributed by atoms with Crippen LogP contribution in [0.2, 0.25) is 0 Å². The first-order chi connectivity index (χ1) is 14.1. The topological polar surface area (TPSA) is 73.2 Å². The second-order valence-corrected chi connectivity index (χ2v) is 8.35. The number of rotatable bonds is 4. The van der Waals surface area contributed by atoms with Gasteiger partial charge in [-0.1, -0.05) is 30.3 Å². The van der Waals surface area contributed by atoms with Gasteiger partial charge in [0.1, 0.15) is 5.82 Å². The molecular formula is C23H28N6. The molecule has 4 aromatic rings. The lowest BCUT2D eigenvalue weighted by molar-refractivity contribution is 0.411. The SMILES string of the molecule is Cc1cc2c(cc(NC3CCC(N)CC3)c3nnc(C)n32)n1Cc1ccccc1. The van der Waals surface area contributed by atoms with Crippen molar-refractivity contribution in [2.24, 2.45) is 5.73 Å². The average molecular weight is 389 g/mol. The van der Waals surface area contributed by atoms with Gasteiger partial charge in [-0.25, -0.2) is 0 Å². The van der Waals surface area contributed by atoms with Crippen molar-refractivity contribution in [1.82, 2.24) is 19.2 Å². The molecule has 1 aromatic carbocycles. The van der Waals surface area contributed by atoms with E-state index in [2.05, 4.69) is 73.9 Å². The van der Waals surface area contributed by atoms with Gasteiger partial charge in [-0.3, -0.25) is 4.40 Å². The summed E-state index contributed by atoms with van der Waals surface area (Å²) in [5, 5.41) is 12.6. The quantitative estimate of drug-likeness (QED) is 0.554. The Hall–Kier alpha value is -2.86. The van der Waals surface area contributed by atoms with Gasteiger partial charge in [-0.2, -0.15) is 0 Å². The van der Waals surface area contributed by atoms with E-state index in [1.54, 1.807) is 0 Å². The van der Waals surface area contributed by atoms with Crippen molar-refractivity contribution in [1.29, 1.82) is 0 Å². The molecule has 0 bridgehead atoms. The second-order valence-electron chi connectivity index (χ2n) is 8.35. The van der Waals surface area contributed by atoms with Crippen LogP contribution in [-0.4, -0.2) is 31.2 Å². The summed E-state index contributed by atoms with van der Waals surface area (Å²) in [4.78, 5) is 0. The maximum Gasteiger partial charge on any atom is 0.184 e. The molecule has 6 heteroatoms. The van der Waals surface area contributed by atoms with Gasteiger partial charge in [0.25, 0.3) is 0 Å². The van der Waals surface area contributed by atoms with Crippen molar-refractivity contribution in [3.05, 3.63) is 59.5 Å². The molecule has 1 aliphatic rings. The van der Waals surface area contributed by atoms with Crippen molar-refractivity contribution < 1.29 is 0 Å². The number of anilines is 1. The van der Waals surface area contributed by atoms with Gasteiger partial charge >= 0.3 is 0 Å². The highest BCUT2D eigenvalue weighted by Crippen LogP contribution is 2.30. The minimum Gasteiger partial charge on any atom is -0.379 e. The number of aryl methyl sites for hydroxylation is 2. The highest BCUT2D eigenvalue weighted by Gasteiger charge is 2.21. The van der Waals surface area contributed by atoms with E-state index >= 15 is 0 Å². The van der Waals surface area contributed by atoms with Crippen LogP contribution in [0.5, 0.6) is 0 Å². The maximum absolute atomic E-state index is 6.10. The number of pyridine rings is 1. The Morgan fingerprint density at radius 1 is 1.00 bits per heavy atom. The zero-order chi connectivity index (χ0) is 20.0. The number of aromatic nitrogens is 4. The van der Waals surface area contributed by atoms with Gasteiger partial charge in [-0.15, -0.1) is 10.2 Å². The predicted octanol–water partition coefficient (Wildman–Crippen LogP) is 4.03. The fourth-order valence-electron chi connectivity index (χ4n) is 4.60. The summed E-state index contributed by atoms with van der Waals surface area (Å²) in [6, 6.07) is 15.9. The van der Waals surface area contributed by atoms with Gasteiger partial charge < -0.3 is 15.6 Å². The first-order valence-electron chi connectivity index (χ1n) is 10.5. The molecule has 0 aliphatic heterocycles. The molecule has 0 saturated heterocycles. The number of fused-ring (bicyclic) bond motifs is 3. The average Bonchev–Trinajstić information content (AvgIpc) is 3.25. The molecule has 0 radical (unpaired) electrons. The van der Waals surface area contributed by atoms with E-state index in [9.17, 15) is 0 Å². The molecule has 3 heterocycles. The van der Waals surface area contributed by atoms with E-state index in [1.165, 1.54) is 16.8 Å². The minimum absolute atomic E-state index is 0.344. The van der Waals surface area contributed by atoms with Crippen molar-refractivity contribution >= 4 is 22.4 Å². The molecule has 1 fully saturated rings. The van der Waals surface area contributed by atoms with Gasteiger partial charge in [-0.05, 0) is 57.2 Å². The van der Waals surface area contributed by atoms with Crippen LogP contribution in [0.3, 0.4) is 0 Å². The summed E-state index contributed by atoms with van der Waals surface area (Å²) in [5.41, 5.74) is 13.0. The van der Waals surface area contributed by atoms with E-state index in [-0.39, 0.29) is 0 Å². The molecule has 6 nitrogen and oxygen atoms in total. The van der Waals surface area contributed by atoms with Crippen LogP contribution >= 0.6 is 0 Å². The number of nitrogens with two attached hydrogens (primary N) is 1. The van der Waals surface area contributed by atoms with Gasteiger partial charge in [0.05, 0.1) is 16.7 Å². The van der Waals surface area contributed by atoms with Crippen LogP contribution in [0.4, 0.5) is 5.69 Å². The third kappa shape index (κ3) is 3.27. The third-order valence-corrected chi connectivity index (χ3v) is 6.23. The number of hydrogen-bond donors (Lipinski definition) is 2. The monoisotopic (exact) mass is 388 g/mol. The highest BCUT2D eigenvalue weighted by molar-refractivity contribution is 5.88. The fourth-order valence-corrected chi connectivity index (χ4v) is 4.60. The normalized spacial score (nSPS) is 19.8. The molecule has 5 rings (SSSR count). The van der Waals surface area contributed by atoms with Crippen molar-refractivity contribution in [3.8, 4) is 0 Å². The van der Waals surface area contributed by atoms with Crippen molar-refractivity contribution in [2.75, 3.05) is 5.32 Å². The number of benzene rings is 1. The molecule has 150 valence electrons. The molecule has 29 heavy (non-hydrogen) atoms. The van der Waals surface area contributed by atoms with Crippen LogP contribution in [0, 0.1) is 13.8 Å². The van der Waals surface area contributed by atoms with Crippen LogP contribution in [0.25, 0.3) is 16.7 Å². The molecule has 3 N–H and O–H groups in total. The number of hydrogen-bond acceptors (Lipinski definition) is 4. The van der Waals surface area contributed by atoms with Crippen LogP contribution in [-0.2, 0) is 6.54 Å². The minimum atomic E-state index is 0.344. The Bertz CT molecular complexity index is 1150. The summed E-state index contributed by atoms with van der Waals surface area (Å²) in [5.74, 6) is 0.913. The number of nitrogens with zero attached hydrogens (tertiary/aromatic N) is 4. The summed E-state index contributed by atoms with van der Waals surface area (Å²) < 4.78 is 4.56. The van der Waals surface area contributed by atoms with Gasteiger partial charge in [0.15, 0.2) is 5.65 Å². The Morgan fingerprint density at radius 3 is 2.52 bits per heavy atom. The van der Waals surface area contributed by atoms with Crippen molar-refractivity contribution in [3.63, 3.8) is 0 Å². The molecule has 1 aliphatic carbocycles. The smallest absolute Gasteiger partial charge is 0.184 e. The Kier molecular flexibility index (Phi) is 4.51. The standard InChI is InChI=1S/C23H28N6/c1-15-12-22-21(28(15)14-17-6-4-3-5-7-17)13-20(23-27-26-16(2)29(22)23)25-19-10-8-18(24)9-11-19/h3-7,12-13,18-19,25H,8-11,14,24H2,1-2H3. The predicted molar refractivity (Wildman–Crippen MR) is 117 cm³/mol. The van der Waals surface area contributed by atoms with E-state index in [0.29, 0.717) is 12.1 Å². The fraction of sp³-hybridized carbons (Fsp3) is 0.391. The molecule has 3 aromatic heterocycles. The van der Waals surface area contributed by atoms with Crippen LogP contribution in [0.1, 0.15) is 42.8 Å². The van der Waals surface area contributed by atoms with E-state index in [0.717, 1.165) is 54.9 Å². The lowest BCUT2D eigenvalue weighted by atomic mass is 9.92. The number of nitrogens with one attached hydrogen (secondary N) is 1. The maximum atomic E-state index is 6.10. The Balaban J connectivity index is 1.61. The largest absolute Gasteiger partial charge is 0.379 e.